The number of aromatic carboxylic acids is 1. The normalized spacial score (nSPS) is 14.4. The van der Waals surface area contributed by atoms with E-state index in [2.05, 4.69) is 12.2 Å². The number of hydrogen-bond acceptors (Lipinski definition) is 5. The van der Waals surface area contributed by atoms with E-state index < -0.39 is 17.4 Å². The first kappa shape index (κ1) is 29.2. The molecule has 1 aliphatic rings. The molecule has 8 nitrogen and oxygen atoms in total. The molecule has 0 unspecified atom stereocenters. The molecule has 2 amide bonds. The Balaban J connectivity index is 1.51. The van der Waals surface area contributed by atoms with Crippen LogP contribution in [0.4, 0.5) is 14.9 Å². The summed E-state index contributed by atoms with van der Waals surface area (Å²) >= 11 is 6.09. The fourth-order valence-electron chi connectivity index (χ4n) is 4.55. The number of carbonyl (C=O) groups is 2. The minimum absolute atomic E-state index is 0.0111. The Morgan fingerprint density at radius 2 is 1.57 bits per heavy atom. The monoisotopic (exact) mass is 570 g/mol. The highest BCUT2D eigenvalue weighted by atomic mass is 35.5. The molecular weight excluding hydrogens is 539 g/mol. The Kier molecular flexibility index (Phi) is 9.50. The third-order valence-corrected chi connectivity index (χ3v) is 7.13. The van der Waals surface area contributed by atoms with Gasteiger partial charge < -0.3 is 29.9 Å². The molecule has 10 heteroatoms. The second kappa shape index (κ2) is 13.0. The first-order valence-electron chi connectivity index (χ1n) is 13.2. The van der Waals surface area contributed by atoms with E-state index >= 15 is 0 Å². The second-order valence-electron chi connectivity index (χ2n) is 9.90. The standard InChI is InChI=1S/C30H32ClFN2O6/c1-2-3-4-11-30(38)12-14-34(15-13-30)29(37)33-21-16-24(39-22-7-5-20(32)6-8-22)18-25(17-21)40-23-9-10-26(28(35)36)27(31)19-23/h5-10,16-19,38H,2-4,11-15H2,1H3,(H,33,37)(H,35,36). The number of anilines is 1. The summed E-state index contributed by atoms with van der Waals surface area (Å²) < 4.78 is 25.2. The van der Waals surface area contributed by atoms with E-state index in [0.29, 0.717) is 43.1 Å². The fraction of sp³-hybridized carbons (Fsp3) is 0.333. The van der Waals surface area contributed by atoms with E-state index in [1.165, 1.54) is 42.5 Å². The lowest BCUT2D eigenvalue weighted by Gasteiger charge is -2.38. The van der Waals surface area contributed by atoms with Crippen LogP contribution in [-0.2, 0) is 0 Å². The Morgan fingerprint density at radius 3 is 2.17 bits per heavy atom. The quantitative estimate of drug-likeness (QED) is 0.215. The molecule has 212 valence electrons. The summed E-state index contributed by atoms with van der Waals surface area (Å²) in [7, 11) is 0. The summed E-state index contributed by atoms with van der Waals surface area (Å²) in [5.74, 6) is -0.298. The molecule has 0 atom stereocenters. The number of piperidine rings is 1. The fourth-order valence-corrected chi connectivity index (χ4v) is 4.80. The average molecular weight is 571 g/mol. The van der Waals surface area contributed by atoms with Gasteiger partial charge in [-0.25, -0.2) is 14.0 Å². The molecule has 0 aliphatic carbocycles. The molecule has 1 saturated heterocycles. The van der Waals surface area contributed by atoms with E-state index in [1.807, 2.05) is 0 Å². The predicted molar refractivity (Wildman–Crippen MR) is 150 cm³/mol. The number of aliphatic hydroxyl groups is 1. The van der Waals surface area contributed by atoms with Gasteiger partial charge in [-0.1, -0.05) is 37.8 Å². The van der Waals surface area contributed by atoms with Crippen molar-refractivity contribution in [3.8, 4) is 23.0 Å². The van der Waals surface area contributed by atoms with Crippen LogP contribution in [0.2, 0.25) is 5.02 Å². The summed E-state index contributed by atoms with van der Waals surface area (Å²) in [5, 5.41) is 23.0. The minimum Gasteiger partial charge on any atom is -0.478 e. The summed E-state index contributed by atoms with van der Waals surface area (Å²) in [6, 6.07) is 14.1. The topological polar surface area (TPSA) is 108 Å². The van der Waals surface area contributed by atoms with Crippen LogP contribution >= 0.6 is 11.6 Å². The first-order chi connectivity index (χ1) is 19.1. The average Bonchev–Trinajstić information content (AvgIpc) is 2.90. The van der Waals surface area contributed by atoms with Gasteiger partial charge in [0.25, 0.3) is 0 Å². The molecule has 0 bridgehead atoms. The number of carboxylic acids is 1. The van der Waals surface area contributed by atoms with E-state index in [9.17, 15) is 24.2 Å². The number of unbranched alkanes of at least 4 members (excludes halogenated alkanes) is 2. The van der Waals surface area contributed by atoms with Gasteiger partial charge in [-0.15, -0.1) is 0 Å². The summed E-state index contributed by atoms with van der Waals surface area (Å²) in [4.78, 5) is 26.0. The predicted octanol–water partition coefficient (Wildman–Crippen LogP) is 7.70. The van der Waals surface area contributed by atoms with Crippen LogP contribution in [0.3, 0.4) is 0 Å². The summed E-state index contributed by atoms with van der Waals surface area (Å²) in [6.07, 6.45) is 4.88. The number of nitrogens with one attached hydrogen (secondary N) is 1. The van der Waals surface area contributed by atoms with Crippen molar-refractivity contribution in [3.05, 3.63) is 77.1 Å². The molecule has 3 aromatic rings. The van der Waals surface area contributed by atoms with Crippen molar-refractivity contribution in [2.24, 2.45) is 0 Å². The Hall–Kier alpha value is -3.82. The Labute approximate surface area is 237 Å². The lowest BCUT2D eigenvalue weighted by molar-refractivity contribution is -0.0196. The van der Waals surface area contributed by atoms with Gasteiger partial charge in [0.05, 0.1) is 16.2 Å². The van der Waals surface area contributed by atoms with Crippen molar-refractivity contribution in [3.63, 3.8) is 0 Å². The molecule has 40 heavy (non-hydrogen) atoms. The van der Waals surface area contributed by atoms with E-state index in [0.717, 1.165) is 25.7 Å². The van der Waals surface area contributed by atoms with Gasteiger partial charge in [0.1, 0.15) is 28.8 Å². The lowest BCUT2D eigenvalue weighted by atomic mass is 9.86. The highest BCUT2D eigenvalue weighted by Crippen LogP contribution is 2.34. The molecule has 4 rings (SSSR count). The van der Waals surface area contributed by atoms with Gasteiger partial charge in [-0.3, -0.25) is 0 Å². The molecule has 3 N–H and O–H groups in total. The molecular formula is C30H32ClFN2O6. The number of halogens is 2. The molecule has 1 heterocycles. The van der Waals surface area contributed by atoms with Crippen LogP contribution in [0.15, 0.2) is 60.7 Å². The van der Waals surface area contributed by atoms with Crippen molar-refractivity contribution in [2.75, 3.05) is 18.4 Å². The zero-order chi connectivity index (χ0) is 28.7. The van der Waals surface area contributed by atoms with Gasteiger partial charge >= 0.3 is 12.0 Å². The van der Waals surface area contributed by atoms with Gasteiger partial charge in [0.15, 0.2) is 0 Å². The number of rotatable bonds is 10. The van der Waals surface area contributed by atoms with Gasteiger partial charge in [-0.2, -0.15) is 0 Å². The second-order valence-corrected chi connectivity index (χ2v) is 10.3. The number of ether oxygens (including phenoxy) is 2. The first-order valence-corrected chi connectivity index (χ1v) is 13.6. The smallest absolute Gasteiger partial charge is 0.337 e. The zero-order valence-corrected chi connectivity index (χ0v) is 22.9. The summed E-state index contributed by atoms with van der Waals surface area (Å²) in [6.45, 7) is 2.98. The molecule has 1 fully saturated rings. The van der Waals surface area contributed by atoms with Crippen LogP contribution in [0.5, 0.6) is 23.0 Å². The highest BCUT2D eigenvalue weighted by Gasteiger charge is 2.33. The molecule has 1 aliphatic heterocycles. The van der Waals surface area contributed by atoms with Crippen LogP contribution in [0.25, 0.3) is 0 Å². The van der Waals surface area contributed by atoms with Crippen molar-refractivity contribution in [2.45, 2.75) is 51.0 Å². The van der Waals surface area contributed by atoms with Crippen LogP contribution in [-0.4, -0.2) is 45.8 Å². The molecule has 0 spiro atoms. The zero-order valence-electron chi connectivity index (χ0n) is 22.2. The van der Waals surface area contributed by atoms with E-state index in [-0.39, 0.29) is 28.1 Å². The number of amides is 2. The molecule has 0 aromatic heterocycles. The van der Waals surface area contributed by atoms with Crippen molar-refractivity contribution in [1.82, 2.24) is 4.90 Å². The molecule has 0 saturated carbocycles. The maximum Gasteiger partial charge on any atom is 0.337 e. The summed E-state index contributed by atoms with van der Waals surface area (Å²) in [5.41, 5.74) is -0.418. The number of likely N-dealkylation sites (tertiary alicyclic amines) is 1. The number of carbonyl (C=O) groups excluding carboxylic acids is 1. The Morgan fingerprint density at radius 1 is 0.950 bits per heavy atom. The number of nitrogens with zero attached hydrogens (tertiary/aromatic N) is 1. The number of hydrogen-bond donors (Lipinski definition) is 3. The maximum atomic E-state index is 13.4. The number of benzene rings is 3. The lowest BCUT2D eigenvalue weighted by Crippen LogP contribution is -2.48. The highest BCUT2D eigenvalue weighted by molar-refractivity contribution is 6.33. The SMILES string of the molecule is CCCCCC1(O)CCN(C(=O)Nc2cc(Oc3ccc(F)cc3)cc(Oc3ccc(C(=O)O)c(Cl)c3)c2)CC1. The number of carboxylic acid groups (broad SMARTS) is 1. The van der Waals surface area contributed by atoms with Crippen LogP contribution in [0.1, 0.15) is 55.8 Å². The van der Waals surface area contributed by atoms with Gasteiger partial charge in [0, 0.05) is 43.0 Å². The largest absolute Gasteiger partial charge is 0.478 e. The third-order valence-electron chi connectivity index (χ3n) is 6.81. The van der Waals surface area contributed by atoms with Crippen molar-refractivity contribution in [1.29, 1.82) is 0 Å². The molecule has 0 radical (unpaired) electrons. The third kappa shape index (κ3) is 7.86. The van der Waals surface area contributed by atoms with E-state index in [4.69, 9.17) is 21.1 Å². The van der Waals surface area contributed by atoms with Crippen LogP contribution < -0.4 is 14.8 Å². The molecule has 3 aromatic carbocycles. The Bertz CT molecular complexity index is 1340. The van der Waals surface area contributed by atoms with Crippen LogP contribution in [0, 0.1) is 5.82 Å². The number of urea groups is 1. The van der Waals surface area contributed by atoms with Gasteiger partial charge in [0.2, 0.25) is 0 Å². The van der Waals surface area contributed by atoms with Gasteiger partial charge in [-0.05, 0) is 55.7 Å². The van der Waals surface area contributed by atoms with E-state index in [1.54, 1.807) is 23.1 Å². The maximum absolute atomic E-state index is 13.4. The van der Waals surface area contributed by atoms with Crippen molar-refractivity contribution < 1.29 is 33.7 Å². The van der Waals surface area contributed by atoms with Crippen molar-refractivity contribution >= 4 is 29.3 Å². The minimum atomic E-state index is -1.16.